The Morgan fingerprint density at radius 2 is 1.56 bits per heavy atom. The number of hydrogen-bond donors (Lipinski definition) is 1. The first-order valence-electron chi connectivity index (χ1n) is 5.80. The van der Waals surface area contributed by atoms with Gasteiger partial charge in [0, 0.05) is 12.0 Å². The van der Waals surface area contributed by atoms with Crippen molar-refractivity contribution < 1.29 is 13.9 Å². The zero-order valence-electron chi connectivity index (χ0n) is 9.81. The minimum absolute atomic E-state index is 0.0534. The number of aliphatic hydroxyl groups excluding tert-OH is 1. The van der Waals surface area contributed by atoms with Crippen molar-refractivity contribution >= 4 is 0 Å². The molecule has 18 heavy (non-hydrogen) atoms. The molecular formula is C15H14F2O. The van der Waals surface area contributed by atoms with E-state index >= 15 is 0 Å². The Balaban J connectivity index is 2.20. The van der Waals surface area contributed by atoms with Gasteiger partial charge in [0.2, 0.25) is 0 Å². The van der Waals surface area contributed by atoms with Gasteiger partial charge in [-0.05, 0) is 29.7 Å². The average molecular weight is 248 g/mol. The van der Waals surface area contributed by atoms with Crippen molar-refractivity contribution in [3.8, 4) is 0 Å². The molecule has 0 saturated heterocycles. The van der Waals surface area contributed by atoms with Crippen molar-refractivity contribution in [2.24, 2.45) is 0 Å². The van der Waals surface area contributed by atoms with E-state index in [9.17, 15) is 13.9 Å². The number of rotatable bonds is 4. The van der Waals surface area contributed by atoms with Crippen molar-refractivity contribution in [3.05, 3.63) is 71.3 Å². The molecule has 0 fully saturated rings. The predicted molar refractivity (Wildman–Crippen MR) is 66.3 cm³/mol. The Bertz CT molecular complexity index is 491. The van der Waals surface area contributed by atoms with Gasteiger partial charge in [0.25, 0.3) is 0 Å². The van der Waals surface area contributed by atoms with Crippen LogP contribution in [-0.4, -0.2) is 11.7 Å². The first-order chi connectivity index (χ1) is 8.69. The third kappa shape index (κ3) is 3.14. The molecule has 0 spiro atoms. The van der Waals surface area contributed by atoms with Gasteiger partial charge in [0.05, 0.1) is 6.61 Å². The molecule has 2 aromatic rings. The first kappa shape index (κ1) is 12.7. The highest BCUT2D eigenvalue weighted by Crippen LogP contribution is 2.21. The number of benzene rings is 2. The third-order valence-electron chi connectivity index (χ3n) is 2.90. The minimum Gasteiger partial charge on any atom is -0.396 e. The zero-order chi connectivity index (χ0) is 13.0. The summed E-state index contributed by atoms with van der Waals surface area (Å²) in [6.45, 7) is -0.0534. The van der Waals surface area contributed by atoms with Crippen LogP contribution in [0.25, 0.3) is 0 Å². The van der Waals surface area contributed by atoms with Gasteiger partial charge in [-0.2, -0.15) is 0 Å². The Labute approximate surface area is 105 Å². The molecule has 0 heterocycles. The van der Waals surface area contributed by atoms with Crippen LogP contribution in [0.1, 0.15) is 17.0 Å². The van der Waals surface area contributed by atoms with E-state index in [4.69, 9.17) is 0 Å². The second-order valence-corrected chi connectivity index (χ2v) is 4.27. The fraction of sp³-hybridized carbons (Fsp3) is 0.200. The van der Waals surface area contributed by atoms with E-state index in [1.165, 1.54) is 12.1 Å². The van der Waals surface area contributed by atoms with Crippen LogP contribution in [-0.2, 0) is 6.42 Å². The lowest BCUT2D eigenvalue weighted by atomic mass is 9.93. The largest absolute Gasteiger partial charge is 0.396 e. The lowest BCUT2D eigenvalue weighted by Crippen LogP contribution is -2.08. The summed E-state index contributed by atoms with van der Waals surface area (Å²) in [4.78, 5) is 0. The Morgan fingerprint density at radius 1 is 0.944 bits per heavy atom. The van der Waals surface area contributed by atoms with Gasteiger partial charge < -0.3 is 5.11 Å². The second kappa shape index (κ2) is 5.74. The van der Waals surface area contributed by atoms with Crippen LogP contribution in [0.15, 0.2) is 48.5 Å². The molecule has 0 radical (unpaired) electrons. The minimum atomic E-state index is -0.588. The summed E-state index contributed by atoms with van der Waals surface area (Å²) in [5.41, 5.74) is 1.51. The second-order valence-electron chi connectivity index (χ2n) is 4.27. The fourth-order valence-electron chi connectivity index (χ4n) is 2.03. The standard InChI is InChI=1S/C15H14F2O/c16-14-7-11(8-15(17)9-14)6-13(10-18)12-4-2-1-3-5-12/h1-5,7-9,13,18H,6,10H2. The highest BCUT2D eigenvalue weighted by Gasteiger charge is 2.12. The average Bonchev–Trinajstić information content (AvgIpc) is 2.36. The molecule has 2 rings (SSSR count). The Kier molecular flexibility index (Phi) is 4.05. The lowest BCUT2D eigenvalue weighted by molar-refractivity contribution is 0.264. The van der Waals surface area contributed by atoms with Gasteiger partial charge in [-0.25, -0.2) is 8.78 Å². The van der Waals surface area contributed by atoms with Gasteiger partial charge in [-0.3, -0.25) is 0 Å². The normalized spacial score (nSPS) is 12.4. The van der Waals surface area contributed by atoms with E-state index in [1.54, 1.807) is 0 Å². The maximum atomic E-state index is 13.1. The molecule has 2 aromatic carbocycles. The monoisotopic (exact) mass is 248 g/mol. The van der Waals surface area contributed by atoms with Crippen LogP contribution in [0.5, 0.6) is 0 Å². The van der Waals surface area contributed by atoms with Gasteiger partial charge in [0.1, 0.15) is 11.6 Å². The Morgan fingerprint density at radius 3 is 2.11 bits per heavy atom. The SMILES string of the molecule is OCC(Cc1cc(F)cc(F)c1)c1ccccc1. The summed E-state index contributed by atoms with van der Waals surface area (Å²) < 4.78 is 26.2. The maximum absolute atomic E-state index is 13.1. The molecule has 0 aliphatic heterocycles. The summed E-state index contributed by atoms with van der Waals surface area (Å²) >= 11 is 0. The molecule has 0 saturated carbocycles. The molecule has 0 aliphatic rings. The highest BCUT2D eigenvalue weighted by molar-refractivity contribution is 5.25. The van der Waals surface area contributed by atoms with E-state index in [-0.39, 0.29) is 12.5 Å². The summed E-state index contributed by atoms with van der Waals surface area (Å²) in [5, 5.41) is 9.39. The highest BCUT2D eigenvalue weighted by atomic mass is 19.1. The van der Waals surface area contributed by atoms with Crippen LogP contribution in [0.4, 0.5) is 8.78 Å². The quantitative estimate of drug-likeness (QED) is 0.880. The number of hydrogen-bond acceptors (Lipinski definition) is 1. The topological polar surface area (TPSA) is 20.2 Å². The van der Waals surface area contributed by atoms with Crippen molar-refractivity contribution in [3.63, 3.8) is 0 Å². The smallest absolute Gasteiger partial charge is 0.126 e. The first-order valence-corrected chi connectivity index (χ1v) is 5.80. The summed E-state index contributed by atoms with van der Waals surface area (Å²) in [5.74, 6) is -1.32. The third-order valence-corrected chi connectivity index (χ3v) is 2.90. The molecule has 1 atom stereocenters. The molecule has 0 aromatic heterocycles. The van der Waals surface area contributed by atoms with Crippen LogP contribution in [0.2, 0.25) is 0 Å². The fourth-order valence-corrected chi connectivity index (χ4v) is 2.03. The number of aliphatic hydroxyl groups is 1. The van der Waals surface area contributed by atoms with Crippen LogP contribution >= 0.6 is 0 Å². The zero-order valence-corrected chi connectivity index (χ0v) is 9.81. The molecule has 1 nitrogen and oxygen atoms in total. The molecule has 0 bridgehead atoms. The van der Waals surface area contributed by atoms with Gasteiger partial charge >= 0.3 is 0 Å². The van der Waals surface area contributed by atoms with Crippen molar-refractivity contribution in [2.45, 2.75) is 12.3 Å². The molecular weight excluding hydrogens is 234 g/mol. The lowest BCUT2D eigenvalue weighted by Gasteiger charge is -2.14. The summed E-state index contributed by atoms with van der Waals surface area (Å²) in [7, 11) is 0. The van der Waals surface area contributed by atoms with Crippen molar-refractivity contribution in [1.29, 1.82) is 0 Å². The Hall–Kier alpha value is -1.74. The molecule has 1 N–H and O–H groups in total. The van der Waals surface area contributed by atoms with Crippen LogP contribution in [0.3, 0.4) is 0 Å². The molecule has 0 aliphatic carbocycles. The number of halogens is 2. The van der Waals surface area contributed by atoms with E-state index in [1.807, 2.05) is 30.3 Å². The van der Waals surface area contributed by atoms with Crippen molar-refractivity contribution in [1.82, 2.24) is 0 Å². The molecule has 0 amide bonds. The van der Waals surface area contributed by atoms with Gasteiger partial charge in [-0.1, -0.05) is 30.3 Å². The van der Waals surface area contributed by atoms with E-state index in [0.29, 0.717) is 12.0 Å². The molecule has 1 unspecified atom stereocenters. The van der Waals surface area contributed by atoms with E-state index in [2.05, 4.69) is 0 Å². The molecule has 94 valence electrons. The maximum Gasteiger partial charge on any atom is 0.126 e. The van der Waals surface area contributed by atoms with Crippen molar-refractivity contribution in [2.75, 3.05) is 6.61 Å². The molecule has 3 heteroatoms. The summed E-state index contributed by atoms with van der Waals surface area (Å²) in [6.07, 6.45) is 0.412. The van der Waals surface area contributed by atoms with E-state index < -0.39 is 11.6 Å². The van der Waals surface area contributed by atoms with Crippen LogP contribution < -0.4 is 0 Å². The van der Waals surface area contributed by atoms with Gasteiger partial charge in [-0.15, -0.1) is 0 Å². The van der Waals surface area contributed by atoms with Gasteiger partial charge in [0.15, 0.2) is 0 Å². The van der Waals surface area contributed by atoms with E-state index in [0.717, 1.165) is 11.6 Å². The van der Waals surface area contributed by atoms with Crippen LogP contribution in [0, 0.1) is 11.6 Å². The predicted octanol–water partition coefficient (Wildman–Crippen LogP) is 3.28. The summed E-state index contributed by atoms with van der Waals surface area (Å²) in [6, 6.07) is 12.9.